The van der Waals surface area contributed by atoms with E-state index in [0.717, 1.165) is 41.6 Å². The Kier molecular flexibility index (Phi) is 6.31. The summed E-state index contributed by atoms with van der Waals surface area (Å²) in [5.74, 6) is -1.23. The lowest BCUT2D eigenvalue weighted by molar-refractivity contribution is -0.274. The summed E-state index contributed by atoms with van der Waals surface area (Å²) in [6, 6.07) is 4.82. The Balaban J connectivity index is 0.00000200. The van der Waals surface area contributed by atoms with Gasteiger partial charge in [0.05, 0.1) is 11.9 Å². The molecule has 3 heterocycles. The molecule has 7 nitrogen and oxygen atoms in total. The number of H-pyrrole nitrogens is 1. The number of piperidine rings is 1. The zero-order chi connectivity index (χ0) is 25.4. The molecule has 0 atom stereocenters. The number of aromatic amines is 1. The van der Waals surface area contributed by atoms with Gasteiger partial charge >= 0.3 is 6.36 Å². The number of likely N-dealkylation sites (tertiary alicyclic amines) is 1. The molecule has 36 heavy (non-hydrogen) atoms. The molecule has 1 aromatic carbocycles. The molecule has 1 aliphatic heterocycles. The number of alkyl halides is 3. The Morgan fingerprint density at radius 2 is 1.92 bits per heavy atom. The topological polar surface area (TPSA) is 90.8 Å². The minimum Gasteiger partial charge on any atom is -0.411 e. The Bertz CT molecular complexity index is 1320. The summed E-state index contributed by atoms with van der Waals surface area (Å²) >= 11 is 0. The Morgan fingerprint density at radius 3 is 2.58 bits per heavy atom. The number of fused-ring (bicyclic) bond motifs is 3. The molecular formula is C25H28F4N4O3. The SMILES string of the molecule is O=C(c1ccc(OC(F)(F)F)cc1)N1CCC(c2c(F)cnc3[nH]c4c(c23)C/C(=N\O)CCC4)CC1.[HH].[HH]. The molecule has 1 aliphatic carbocycles. The van der Waals surface area contributed by atoms with Crippen LogP contribution < -0.4 is 4.74 Å². The lowest BCUT2D eigenvalue weighted by Crippen LogP contribution is -2.38. The van der Waals surface area contributed by atoms with Crippen molar-refractivity contribution in [2.45, 2.75) is 50.8 Å². The van der Waals surface area contributed by atoms with Crippen LogP contribution >= 0.6 is 0 Å². The lowest BCUT2D eigenvalue weighted by atomic mass is 9.86. The zero-order valence-electron chi connectivity index (χ0n) is 19.2. The van der Waals surface area contributed by atoms with Crippen LogP contribution in [0, 0.1) is 5.82 Å². The van der Waals surface area contributed by atoms with E-state index in [1.165, 1.54) is 18.3 Å². The number of hydrogen-bond acceptors (Lipinski definition) is 5. The van der Waals surface area contributed by atoms with E-state index in [4.69, 9.17) is 0 Å². The van der Waals surface area contributed by atoms with Crippen LogP contribution in [0.25, 0.3) is 11.0 Å². The van der Waals surface area contributed by atoms with E-state index in [2.05, 4.69) is 19.9 Å². The maximum Gasteiger partial charge on any atom is 0.573 e. The highest BCUT2D eigenvalue weighted by molar-refractivity contribution is 5.95. The molecule has 0 bridgehead atoms. The van der Waals surface area contributed by atoms with Crippen molar-refractivity contribution in [1.82, 2.24) is 14.9 Å². The third-order valence-corrected chi connectivity index (χ3v) is 6.95. The van der Waals surface area contributed by atoms with E-state index in [9.17, 15) is 23.2 Å². The van der Waals surface area contributed by atoms with Crippen LogP contribution in [-0.2, 0) is 12.8 Å². The number of oxime groups is 1. The Hall–Kier alpha value is -3.63. The maximum atomic E-state index is 15.2. The largest absolute Gasteiger partial charge is 0.573 e. The minimum atomic E-state index is -4.80. The highest BCUT2D eigenvalue weighted by Gasteiger charge is 2.32. The highest BCUT2D eigenvalue weighted by Crippen LogP contribution is 2.38. The van der Waals surface area contributed by atoms with Gasteiger partial charge in [-0.25, -0.2) is 9.37 Å². The zero-order valence-corrected chi connectivity index (χ0v) is 19.2. The van der Waals surface area contributed by atoms with Crippen LogP contribution in [0.4, 0.5) is 17.6 Å². The van der Waals surface area contributed by atoms with Crippen LogP contribution in [-0.4, -0.2) is 51.1 Å². The molecule has 11 heteroatoms. The number of hydrogen-bond donors (Lipinski definition) is 2. The van der Waals surface area contributed by atoms with Crippen molar-refractivity contribution in [1.29, 1.82) is 0 Å². The van der Waals surface area contributed by atoms with Gasteiger partial charge in [-0.1, -0.05) is 5.16 Å². The van der Waals surface area contributed by atoms with Crippen LogP contribution in [0.5, 0.6) is 5.75 Å². The monoisotopic (exact) mass is 508 g/mol. The summed E-state index contributed by atoms with van der Waals surface area (Å²) in [7, 11) is 0. The summed E-state index contributed by atoms with van der Waals surface area (Å²) in [6.07, 6.45) is 0.141. The van der Waals surface area contributed by atoms with E-state index in [1.54, 1.807) is 4.90 Å². The number of nitrogens with one attached hydrogen (secondary N) is 1. The molecule has 0 saturated carbocycles. The molecule has 2 aliphatic rings. The van der Waals surface area contributed by atoms with Gasteiger partial charge in [0.15, 0.2) is 0 Å². The quantitative estimate of drug-likeness (QED) is 0.202. The first-order chi connectivity index (χ1) is 17.2. The molecule has 2 aromatic heterocycles. The number of aromatic nitrogens is 2. The number of carbonyl (C=O) groups excluding carboxylic acids is 1. The predicted octanol–water partition coefficient (Wildman–Crippen LogP) is 5.82. The molecule has 0 radical (unpaired) electrons. The van der Waals surface area contributed by atoms with Gasteiger partial charge in [0, 0.05) is 44.6 Å². The molecule has 1 fully saturated rings. The van der Waals surface area contributed by atoms with Gasteiger partial charge in [-0.2, -0.15) is 0 Å². The first-order valence-corrected chi connectivity index (χ1v) is 11.8. The van der Waals surface area contributed by atoms with Crippen molar-refractivity contribution in [2.24, 2.45) is 5.16 Å². The van der Waals surface area contributed by atoms with Gasteiger partial charge in [-0.15, -0.1) is 13.2 Å². The van der Waals surface area contributed by atoms with Gasteiger partial charge < -0.3 is 19.8 Å². The molecule has 1 saturated heterocycles. The van der Waals surface area contributed by atoms with Crippen LogP contribution in [0.3, 0.4) is 0 Å². The number of pyridine rings is 1. The van der Waals surface area contributed by atoms with Crippen molar-refractivity contribution in [3.05, 3.63) is 58.7 Å². The van der Waals surface area contributed by atoms with E-state index < -0.39 is 17.9 Å². The van der Waals surface area contributed by atoms with Crippen LogP contribution in [0.2, 0.25) is 0 Å². The van der Waals surface area contributed by atoms with E-state index in [0.29, 0.717) is 55.7 Å². The second-order valence-corrected chi connectivity index (χ2v) is 9.16. The number of amides is 1. The molecule has 194 valence electrons. The van der Waals surface area contributed by atoms with E-state index in [-0.39, 0.29) is 20.2 Å². The molecule has 1 amide bonds. The Morgan fingerprint density at radius 1 is 1.19 bits per heavy atom. The third-order valence-electron chi connectivity index (χ3n) is 6.95. The molecular weight excluding hydrogens is 480 g/mol. The first-order valence-electron chi connectivity index (χ1n) is 11.8. The fourth-order valence-corrected chi connectivity index (χ4v) is 5.28. The molecule has 5 rings (SSSR count). The molecule has 2 N–H and O–H groups in total. The highest BCUT2D eigenvalue weighted by atomic mass is 19.4. The van der Waals surface area contributed by atoms with E-state index in [1.807, 2.05) is 0 Å². The van der Waals surface area contributed by atoms with Gasteiger partial charge in [-0.3, -0.25) is 4.79 Å². The second kappa shape index (κ2) is 9.44. The minimum absolute atomic E-state index is 0. The maximum absolute atomic E-state index is 15.2. The molecule has 0 spiro atoms. The predicted molar refractivity (Wildman–Crippen MR) is 127 cm³/mol. The number of benzene rings is 1. The van der Waals surface area contributed by atoms with Gasteiger partial charge in [-0.05, 0) is 67.9 Å². The number of halogens is 4. The normalized spacial score (nSPS) is 18.3. The van der Waals surface area contributed by atoms with Gasteiger partial charge in [0.25, 0.3) is 5.91 Å². The summed E-state index contributed by atoms with van der Waals surface area (Å²) < 4.78 is 56.2. The standard InChI is InChI=1S/C25H24F4N4O3.2H2/c26-19-13-30-23-22(18-12-16(32-35)2-1-3-20(18)31-23)21(19)14-8-10-33(11-9-14)24(34)15-4-6-17(7-5-15)36-25(27,28)29;;/h4-7,13-14,35H,1-3,8-12H2,(H,30,31);2*1H/b32-16-;;. The average Bonchev–Trinajstić information content (AvgIpc) is 3.06. The van der Waals surface area contributed by atoms with E-state index >= 15 is 4.39 Å². The van der Waals surface area contributed by atoms with Crippen molar-refractivity contribution in [3.8, 4) is 5.75 Å². The first kappa shape index (κ1) is 24.1. The van der Waals surface area contributed by atoms with Crippen LogP contribution in [0.1, 0.15) is 61.6 Å². The molecule has 0 unspecified atom stereocenters. The fourth-order valence-electron chi connectivity index (χ4n) is 5.28. The summed E-state index contributed by atoms with van der Waals surface area (Å²) in [5.41, 5.74) is 3.97. The third kappa shape index (κ3) is 4.74. The average molecular weight is 509 g/mol. The summed E-state index contributed by atoms with van der Waals surface area (Å²) in [6.45, 7) is 0.757. The fraction of sp³-hybridized carbons (Fsp3) is 0.400. The smallest absolute Gasteiger partial charge is 0.411 e. The van der Waals surface area contributed by atoms with Gasteiger partial charge in [0.1, 0.15) is 17.2 Å². The number of nitrogens with zero attached hydrogens (tertiary/aromatic N) is 3. The number of rotatable bonds is 3. The van der Waals surface area contributed by atoms with Crippen molar-refractivity contribution >= 4 is 22.7 Å². The lowest BCUT2D eigenvalue weighted by Gasteiger charge is -2.33. The number of carbonyl (C=O) groups is 1. The second-order valence-electron chi connectivity index (χ2n) is 9.16. The molecule has 3 aromatic rings. The van der Waals surface area contributed by atoms with Gasteiger partial charge in [0.2, 0.25) is 0 Å². The summed E-state index contributed by atoms with van der Waals surface area (Å²) in [5, 5.41) is 13.5. The van der Waals surface area contributed by atoms with Crippen molar-refractivity contribution < 1.29 is 35.2 Å². The van der Waals surface area contributed by atoms with Crippen molar-refractivity contribution in [3.63, 3.8) is 0 Å². The number of ether oxygens (including phenoxy) is 1. The Labute approximate surface area is 206 Å². The van der Waals surface area contributed by atoms with Crippen LogP contribution in [0.15, 0.2) is 35.6 Å². The van der Waals surface area contributed by atoms with Crippen molar-refractivity contribution in [2.75, 3.05) is 13.1 Å². The number of aryl methyl sites for hydroxylation is 1. The summed E-state index contributed by atoms with van der Waals surface area (Å²) in [4.78, 5) is 22.1.